The minimum absolute atomic E-state index is 0.117. The number of nitrogens with one attached hydrogen (secondary N) is 2. The SMILES string of the molecule is CCNc1nn(C2(CC#N)CN(C(=O)O)C2)c2cc[nH]c(=O)c12. The Bertz CT molecular complexity index is 856. The van der Waals surface area contributed by atoms with Crippen LogP contribution in [0.4, 0.5) is 10.6 Å². The lowest BCUT2D eigenvalue weighted by Gasteiger charge is -2.47. The van der Waals surface area contributed by atoms with Crippen LogP contribution in [0.1, 0.15) is 13.3 Å². The molecule has 120 valence electrons. The molecule has 0 saturated carbocycles. The van der Waals surface area contributed by atoms with Crippen LogP contribution in [0.5, 0.6) is 0 Å². The smallest absolute Gasteiger partial charge is 0.407 e. The highest BCUT2D eigenvalue weighted by atomic mass is 16.4. The van der Waals surface area contributed by atoms with Crippen LogP contribution in [0.25, 0.3) is 10.9 Å². The van der Waals surface area contributed by atoms with E-state index in [0.29, 0.717) is 23.3 Å². The molecule has 23 heavy (non-hydrogen) atoms. The lowest BCUT2D eigenvalue weighted by molar-refractivity contribution is 0.0169. The molecule has 1 amide bonds. The average Bonchev–Trinajstić information content (AvgIpc) is 2.83. The van der Waals surface area contributed by atoms with Crippen molar-refractivity contribution in [3.63, 3.8) is 0 Å². The van der Waals surface area contributed by atoms with Gasteiger partial charge in [0.25, 0.3) is 5.56 Å². The normalized spacial score (nSPS) is 15.9. The number of aromatic amines is 1. The molecule has 0 unspecified atom stereocenters. The van der Waals surface area contributed by atoms with Crippen LogP contribution in [0.15, 0.2) is 17.1 Å². The molecule has 9 heteroatoms. The predicted molar refractivity (Wildman–Crippen MR) is 82.3 cm³/mol. The molecule has 3 N–H and O–H groups in total. The third kappa shape index (κ3) is 2.19. The quantitative estimate of drug-likeness (QED) is 0.764. The van der Waals surface area contributed by atoms with Gasteiger partial charge in [0, 0.05) is 12.7 Å². The summed E-state index contributed by atoms with van der Waals surface area (Å²) < 4.78 is 1.62. The molecule has 9 nitrogen and oxygen atoms in total. The van der Waals surface area contributed by atoms with Crippen molar-refractivity contribution in [3.8, 4) is 6.07 Å². The van der Waals surface area contributed by atoms with Gasteiger partial charge in [-0.05, 0) is 13.0 Å². The molecule has 3 rings (SSSR count). The monoisotopic (exact) mass is 316 g/mol. The number of fused-ring (bicyclic) bond motifs is 1. The van der Waals surface area contributed by atoms with Crippen LogP contribution in [0.3, 0.4) is 0 Å². The Kier molecular flexibility index (Phi) is 3.44. The summed E-state index contributed by atoms with van der Waals surface area (Å²) >= 11 is 0. The second-order valence-electron chi connectivity index (χ2n) is 5.56. The number of likely N-dealkylation sites (tertiary alicyclic amines) is 1. The summed E-state index contributed by atoms with van der Waals surface area (Å²) in [6.07, 6.45) is 0.609. The van der Waals surface area contributed by atoms with Crippen molar-refractivity contribution in [2.45, 2.75) is 18.9 Å². The standard InChI is InChI=1S/C14H16N6O3/c1-2-16-11-10-9(3-6-17-12(10)21)20(18-11)14(4-5-15)7-19(8-14)13(22)23/h3,6H,2,4,7-8H2,1H3,(H,16,18)(H,17,21)(H,22,23). The van der Waals surface area contributed by atoms with E-state index >= 15 is 0 Å². The molecular weight excluding hydrogens is 300 g/mol. The molecule has 1 aliphatic heterocycles. The fraction of sp³-hybridized carbons (Fsp3) is 0.429. The van der Waals surface area contributed by atoms with E-state index in [1.54, 1.807) is 10.7 Å². The first-order valence-electron chi connectivity index (χ1n) is 7.22. The molecule has 2 aromatic heterocycles. The summed E-state index contributed by atoms with van der Waals surface area (Å²) in [5.74, 6) is 0.440. The predicted octanol–water partition coefficient (Wildman–Crippen LogP) is 0.759. The number of pyridine rings is 1. The number of nitrogens with zero attached hydrogens (tertiary/aromatic N) is 4. The zero-order valence-electron chi connectivity index (χ0n) is 12.5. The van der Waals surface area contributed by atoms with Crippen LogP contribution in [-0.4, -0.2) is 50.5 Å². The summed E-state index contributed by atoms with van der Waals surface area (Å²) in [5.41, 5.74) is -0.427. The summed E-state index contributed by atoms with van der Waals surface area (Å²) in [6, 6.07) is 3.82. The van der Waals surface area contributed by atoms with Gasteiger partial charge in [0.05, 0.1) is 31.1 Å². The van der Waals surface area contributed by atoms with E-state index in [4.69, 9.17) is 10.4 Å². The number of rotatable bonds is 4. The van der Waals surface area contributed by atoms with E-state index in [2.05, 4.69) is 21.5 Å². The molecule has 1 aliphatic rings. The molecule has 0 aromatic carbocycles. The largest absolute Gasteiger partial charge is 0.465 e. The van der Waals surface area contributed by atoms with Gasteiger partial charge in [0.1, 0.15) is 10.9 Å². The number of anilines is 1. The number of amides is 1. The van der Waals surface area contributed by atoms with Crippen molar-refractivity contribution in [1.29, 1.82) is 5.26 Å². The third-order valence-corrected chi connectivity index (χ3v) is 4.05. The van der Waals surface area contributed by atoms with Gasteiger partial charge in [-0.3, -0.25) is 9.48 Å². The highest BCUT2D eigenvalue weighted by molar-refractivity contribution is 5.89. The molecular formula is C14H16N6O3. The second kappa shape index (κ2) is 5.31. The third-order valence-electron chi connectivity index (χ3n) is 4.05. The average molecular weight is 316 g/mol. The maximum atomic E-state index is 12.1. The van der Waals surface area contributed by atoms with E-state index in [0.717, 1.165) is 0 Å². The lowest BCUT2D eigenvalue weighted by Crippen LogP contribution is -2.64. The molecule has 3 heterocycles. The first-order valence-corrected chi connectivity index (χ1v) is 7.22. The maximum Gasteiger partial charge on any atom is 0.407 e. The molecule has 1 saturated heterocycles. The summed E-state index contributed by atoms with van der Waals surface area (Å²) in [7, 11) is 0. The molecule has 0 aliphatic carbocycles. The van der Waals surface area contributed by atoms with Crippen LogP contribution < -0.4 is 10.9 Å². The Balaban J connectivity index is 2.15. The fourth-order valence-corrected chi connectivity index (χ4v) is 3.00. The number of H-pyrrole nitrogens is 1. The van der Waals surface area contributed by atoms with Crippen LogP contribution >= 0.6 is 0 Å². The van der Waals surface area contributed by atoms with Crippen molar-refractivity contribution < 1.29 is 9.90 Å². The first-order chi connectivity index (χ1) is 11.0. The Morgan fingerprint density at radius 3 is 2.96 bits per heavy atom. The molecule has 0 spiro atoms. The van der Waals surface area contributed by atoms with Crippen molar-refractivity contribution in [1.82, 2.24) is 19.7 Å². The van der Waals surface area contributed by atoms with Crippen LogP contribution in [-0.2, 0) is 5.54 Å². The van der Waals surface area contributed by atoms with Gasteiger partial charge in [-0.25, -0.2) is 4.79 Å². The number of carboxylic acid groups (broad SMARTS) is 1. The number of aromatic nitrogens is 3. The topological polar surface area (TPSA) is 127 Å². The summed E-state index contributed by atoms with van der Waals surface area (Å²) in [4.78, 5) is 27.1. The van der Waals surface area contributed by atoms with Crippen molar-refractivity contribution >= 4 is 22.8 Å². The van der Waals surface area contributed by atoms with Gasteiger partial charge in [0.15, 0.2) is 5.82 Å². The molecule has 2 aromatic rings. The molecule has 1 fully saturated rings. The zero-order valence-corrected chi connectivity index (χ0v) is 12.5. The Hall–Kier alpha value is -3.02. The molecule has 0 atom stereocenters. The number of hydrogen-bond donors (Lipinski definition) is 3. The second-order valence-corrected chi connectivity index (χ2v) is 5.56. The van der Waals surface area contributed by atoms with Gasteiger partial charge in [-0.1, -0.05) is 0 Å². The minimum atomic E-state index is -1.03. The van der Waals surface area contributed by atoms with E-state index in [9.17, 15) is 9.59 Å². The van der Waals surface area contributed by atoms with E-state index < -0.39 is 11.6 Å². The Morgan fingerprint density at radius 2 is 2.35 bits per heavy atom. The number of hydrogen-bond acceptors (Lipinski definition) is 5. The van der Waals surface area contributed by atoms with Crippen LogP contribution in [0, 0.1) is 11.3 Å². The highest BCUT2D eigenvalue weighted by Gasteiger charge is 2.48. The number of nitriles is 1. The first kappa shape index (κ1) is 14.9. The van der Waals surface area contributed by atoms with Crippen molar-refractivity contribution in [2.75, 3.05) is 25.0 Å². The fourth-order valence-electron chi connectivity index (χ4n) is 3.00. The Morgan fingerprint density at radius 1 is 1.61 bits per heavy atom. The van der Waals surface area contributed by atoms with E-state index in [-0.39, 0.29) is 25.1 Å². The Labute approximate surface area is 131 Å². The molecule has 0 bridgehead atoms. The minimum Gasteiger partial charge on any atom is -0.465 e. The highest BCUT2D eigenvalue weighted by Crippen LogP contribution is 2.35. The van der Waals surface area contributed by atoms with Crippen molar-refractivity contribution in [3.05, 3.63) is 22.6 Å². The van der Waals surface area contributed by atoms with Crippen LogP contribution in [0.2, 0.25) is 0 Å². The van der Waals surface area contributed by atoms with Gasteiger partial charge in [-0.15, -0.1) is 0 Å². The van der Waals surface area contributed by atoms with Gasteiger partial charge in [0.2, 0.25) is 0 Å². The zero-order chi connectivity index (χ0) is 16.6. The summed E-state index contributed by atoms with van der Waals surface area (Å²) in [6.45, 7) is 2.82. The lowest BCUT2D eigenvalue weighted by atomic mass is 9.87. The number of carbonyl (C=O) groups is 1. The maximum absolute atomic E-state index is 12.1. The van der Waals surface area contributed by atoms with Gasteiger partial charge >= 0.3 is 6.09 Å². The van der Waals surface area contributed by atoms with E-state index in [1.807, 2.05) is 6.92 Å². The van der Waals surface area contributed by atoms with E-state index in [1.165, 1.54) is 11.1 Å². The van der Waals surface area contributed by atoms with Gasteiger partial charge < -0.3 is 20.3 Å². The van der Waals surface area contributed by atoms with Crippen molar-refractivity contribution in [2.24, 2.45) is 0 Å². The molecule has 0 radical (unpaired) electrons. The summed E-state index contributed by atoms with van der Waals surface area (Å²) in [5, 5.41) is 26.1. The van der Waals surface area contributed by atoms with Gasteiger partial charge in [-0.2, -0.15) is 10.4 Å².